The molecule has 256 valence electrons. The van der Waals surface area contributed by atoms with Gasteiger partial charge in [-0.3, -0.25) is 0 Å². The summed E-state index contributed by atoms with van der Waals surface area (Å²) >= 11 is 0. The molecule has 0 fully saturated rings. The molecule has 12 rings (SSSR count). The summed E-state index contributed by atoms with van der Waals surface area (Å²) in [6.07, 6.45) is 0. The quantitative estimate of drug-likeness (QED) is 0.178. The van der Waals surface area contributed by atoms with Gasteiger partial charge in [-0.15, -0.1) is 0 Å². The molecule has 9 aromatic rings. The van der Waals surface area contributed by atoms with E-state index in [0.717, 1.165) is 11.5 Å². The Balaban J connectivity index is 1.15. The van der Waals surface area contributed by atoms with Gasteiger partial charge in [-0.05, 0) is 102 Å². The molecular weight excluding hydrogens is 665 g/mol. The molecule has 1 aliphatic heterocycles. The first-order valence-corrected chi connectivity index (χ1v) is 19.2. The second-order valence-electron chi connectivity index (χ2n) is 15.1. The third-order valence-electron chi connectivity index (χ3n) is 12.6. The fourth-order valence-electron chi connectivity index (χ4n) is 10.5. The van der Waals surface area contributed by atoms with Crippen LogP contribution in [-0.2, 0) is 10.8 Å². The van der Waals surface area contributed by atoms with E-state index < -0.39 is 10.8 Å². The lowest BCUT2D eigenvalue weighted by atomic mass is 9.64. The molecule has 3 aliphatic rings. The molecule has 9 aromatic carbocycles. The minimum absolute atomic E-state index is 0.468. The number of fused-ring (bicyclic) bond motifs is 14. The molecule has 0 unspecified atom stereocenters. The maximum Gasteiger partial charge on any atom is 0.132 e. The highest BCUT2D eigenvalue weighted by molar-refractivity contribution is 5.98. The van der Waals surface area contributed by atoms with Crippen molar-refractivity contribution in [3.05, 3.63) is 251 Å². The molecule has 0 N–H and O–H groups in total. The highest BCUT2D eigenvalue weighted by Gasteiger charge is 2.52. The van der Waals surface area contributed by atoms with Gasteiger partial charge in [0.1, 0.15) is 11.5 Å². The Morgan fingerprint density at radius 1 is 0.309 bits per heavy atom. The molecule has 0 saturated heterocycles. The van der Waals surface area contributed by atoms with Crippen molar-refractivity contribution in [2.75, 3.05) is 0 Å². The van der Waals surface area contributed by atoms with E-state index in [0.29, 0.717) is 0 Å². The molecule has 2 aliphatic carbocycles. The zero-order valence-electron chi connectivity index (χ0n) is 30.0. The fourth-order valence-corrected chi connectivity index (χ4v) is 10.5. The zero-order chi connectivity index (χ0) is 36.1. The lowest BCUT2D eigenvalue weighted by molar-refractivity contribution is 0.438. The second-order valence-corrected chi connectivity index (χ2v) is 15.1. The number of hydrogen-bond acceptors (Lipinski definition) is 1. The van der Waals surface area contributed by atoms with Crippen molar-refractivity contribution in [2.45, 2.75) is 10.8 Å². The molecule has 0 saturated carbocycles. The van der Waals surface area contributed by atoms with E-state index in [1.54, 1.807) is 0 Å². The van der Waals surface area contributed by atoms with Crippen LogP contribution in [0.1, 0.15) is 44.5 Å². The summed E-state index contributed by atoms with van der Waals surface area (Å²) in [5.74, 6) is 1.81. The lowest BCUT2D eigenvalue weighted by Gasteiger charge is -2.40. The van der Waals surface area contributed by atoms with E-state index in [-0.39, 0.29) is 0 Å². The van der Waals surface area contributed by atoms with E-state index in [2.05, 4.69) is 206 Å². The Hall–Kier alpha value is -6.96. The van der Waals surface area contributed by atoms with Crippen molar-refractivity contribution in [1.29, 1.82) is 0 Å². The number of rotatable bonds is 3. The molecule has 1 heteroatoms. The SMILES string of the molecule is c1ccc(C2(c3ccccc3)c3ccccc3-c3ccc(-c4ccc5c(c4)C4(c6ccccc6-c6ccccc64)c4c(ccc6ccccc46)O5)cc32)cc1. The van der Waals surface area contributed by atoms with Gasteiger partial charge in [0.05, 0.1) is 10.8 Å². The Bertz CT molecular complexity index is 2930. The van der Waals surface area contributed by atoms with Crippen LogP contribution in [0.25, 0.3) is 44.2 Å². The van der Waals surface area contributed by atoms with Crippen molar-refractivity contribution in [3.8, 4) is 44.9 Å². The van der Waals surface area contributed by atoms with Gasteiger partial charge in [-0.1, -0.05) is 182 Å². The predicted octanol–water partition coefficient (Wildman–Crippen LogP) is 13.3. The molecule has 55 heavy (non-hydrogen) atoms. The molecule has 1 heterocycles. The molecule has 0 bridgehead atoms. The van der Waals surface area contributed by atoms with Crippen LogP contribution in [-0.4, -0.2) is 0 Å². The Kier molecular flexibility index (Phi) is 6.25. The van der Waals surface area contributed by atoms with Crippen molar-refractivity contribution in [1.82, 2.24) is 0 Å². The monoisotopic (exact) mass is 698 g/mol. The van der Waals surface area contributed by atoms with E-state index in [4.69, 9.17) is 4.74 Å². The second kappa shape index (κ2) is 11.3. The first kappa shape index (κ1) is 30.5. The van der Waals surface area contributed by atoms with Crippen LogP contribution in [0.3, 0.4) is 0 Å². The van der Waals surface area contributed by atoms with Crippen LogP contribution in [0, 0.1) is 0 Å². The molecule has 0 radical (unpaired) electrons. The van der Waals surface area contributed by atoms with Crippen LogP contribution in [0.15, 0.2) is 206 Å². The minimum atomic E-state index is -0.572. The highest BCUT2D eigenvalue weighted by atomic mass is 16.5. The maximum absolute atomic E-state index is 6.96. The summed E-state index contributed by atoms with van der Waals surface area (Å²) in [6.45, 7) is 0. The molecule has 1 nitrogen and oxygen atoms in total. The van der Waals surface area contributed by atoms with Crippen molar-refractivity contribution >= 4 is 10.8 Å². The number of ether oxygens (including phenoxy) is 1. The number of benzene rings is 9. The third kappa shape index (κ3) is 3.92. The first-order chi connectivity index (χ1) is 27.3. The van der Waals surface area contributed by atoms with Crippen LogP contribution in [0.2, 0.25) is 0 Å². The van der Waals surface area contributed by atoms with Gasteiger partial charge in [0, 0.05) is 11.1 Å². The van der Waals surface area contributed by atoms with E-state index in [1.807, 2.05) is 0 Å². The van der Waals surface area contributed by atoms with Crippen molar-refractivity contribution < 1.29 is 4.74 Å². The summed E-state index contributed by atoms with van der Waals surface area (Å²) in [4.78, 5) is 0. The Morgan fingerprint density at radius 3 is 1.42 bits per heavy atom. The summed E-state index contributed by atoms with van der Waals surface area (Å²) in [5, 5.41) is 2.43. The Morgan fingerprint density at radius 2 is 0.782 bits per heavy atom. The third-order valence-corrected chi connectivity index (χ3v) is 12.6. The summed E-state index contributed by atoms with van der Waals surface area (Å²) < 4.78 is 6.96. The molecule has 0 aromatic heterocycles. The van der Waals surface area contributed by atoms with E-state index in [1.165, 1.54) is 88.7 Å². The zero-order valence-corrected chi connectivity index (χ0v) is 30.0. The smallest absolute Gasteiger partial charge is 0.132 e. The Labute approximate surface area is 320 Å². The fraction of sp³-hybridized carbons (Fsp3) is 0.0370. The minimum Gasteiger partial charge on any atom is -0.457 e. The van der Waals surface area contributed by atoms with Gasteiger partial charge in [0.2, 0.25) is 0 Å². The average molecular weight is 699 g/mol. The molecule has 0 atom stereocenters. The molecule has 1 spiro atoms. The van der Waals surface area contributed by atoms with E-state index in [9.17, 15) is 0 Å². The molecule has 0 amide bonds. The summed E-state index contributed by atoms with van der Waals surface area (Å²) in [7, 11) is 0. The van der Waals surface area contributed by atoms with Gasteiger partial charge in [0.15, 0.2) is 0 Å². The lowest BCUT2D eigenvalue weighted by Crippen LogP contribution is -2.32. The molecular formula is C54H34O. The maximum atomic E-state index is 6.96. The van der Waals surface area contributed by atoms with Crippen LogP contribution < -0.4 is 4.74 Å². The average Bonchev–Trinajstić information content (AvgIpc) is 3.72. The summed E-state index contributed by atoms with van der Waals surface area (Å²) in [5.41, 5.74) is 16.6. The van der Waals surface area contributed by atoms with Crippen LogP contribution in [0.5, 0.6) is 11.5 Å². The number of hydrogen-bond donors (Lipinski definition) is 0. The predicted molar refractivity (Wildman–Crippen MR) is 224 cm³/mol. The van der Waals surface area contributed by atoms with Crippen molar-refractivity contribution in [2.24, 2.45) is 0 Å². The van der Waals surface area contributed by atoms with Gasteiger partial charge in [-0.2, -0.15) is 0 Å². The highest BCUT2D eigenvalue weighted by Crippen LogP contribution is 2.64. The first-order valence-electron chi connectivity index (χ1n) is 19.2. The van der Waals surface area contributed by atoms with E-state index >= 15 is 0 Å². The largest absolute Gasteiger partial charge is 0.457 e. The van der Waals surface area contributed by atoms with Gasteiger partial charge >= 0.3 is 0 Å². The topological polar surface area (TPSA) is 9.23 Å². The van der Waals surface area contributed by atoms with Crippen LogP contribution >= 0.6 is 0 Å². The van der Waals surface area contributed by atoms with Gasteiger partial charge in [0.25, 0.3) is 0 Å². The standard InChI is InChI=1S/C54H34O/c1-3-16-38(17-4-1)53(39-18-5-2-6-19-39)45-24-12-9-23-43(45)44-30-27-36(33-48(44)53)37-29-31-50-49(34-37)54(52-40-20-8-7-15-35(40)28-32-51(52)55-50)46-25-13-10-21-41(46)42-22-11-14-26-47(42)54/h1-34H. The van der Waals surface area contributed by atoms with Crippen LogP contribution in [0.4, 0.5) is 0 Å². The van der Waals surface area contributed by atoms with Gasteiger partial charge in [-0.25, -0.2) is 0 Å². The summed E-state index contributed by atoms with van der Waals surface area (Å²) in [6, 6.07) is 76.2. The van der Waals surface area contributed by atoms with Gasteiger partial charge < -0.3 is 4.74 Å². The van der Waals surface area contributed by atoms with Crippen molar-refractivity contribution in [3.63, 3.8) is 0 Å². The normalized spacial score (nSPS) is 14.6.